The number of rotatable bonds is 4. The van der Waals surface area contributed by atoms with E-state index >= 15 is 0 Å². The minimum atomic E-state index is 0.315. The maximum atomic E-state index is 12.4. The molecule has 7 heteroatoms. The van der Waals surface area contributed by atoms with Crippen LogP contribution >= 0.6 is 11.3 Å². The minimum absolute atomic E-state index is 0.315. The fourth-order valence-corrected chi connectivity index (χ4v) is 4.06. The minimum Gasteiger partial charge on any atom is -0.375 e. The fourth-order valence-electron chi connectivity index (χ4n) is 3.33. The molecule has 0 bridgehead atoms. The predicted octanol–water partition coefficient (Wildman–Crippen LogP) is 1.25. The number of nitrogen functional groups attached to an aromatic ring is 1. The number of carbonyl (C=O) groups excluding carboxylic acids is 1. The molecule has 2 fully saturated rings. The van der Waals surface area contributed by atoms with Crippen LogP contribution in [0.4, 0.5) is 5.13 Å². The third-order valence-electron chi connectivity index (χ3n) is 4.73. The molecular weight excluding hydrogens is 310 g/mol. The molecule has 1 amide bonds. The van der Waals surface area contributed by atoms with Gasteiger partial charge in [0, 0.05) is 56.9 Å². The van der Waals surface area contributed by atoms with E-state index in [-0.39, 0.29) is 0 Å². The van der Waals surface area contributed by atoms with E-state index in [1.54, 1.807) is 11.3 Å². The van der Waals surface area contributed by atoms with Gasteiger partial charge in [0.2, 0.25) is 5.91 Å². The Balaban J connectivity index is 1.40. The maximum Gasteiger partial charge on any atom is 0.236 e. The van der Waals surface area contributed by atoms with E-state index in [1.165, 1.54) is 17.7 Å². The zero-order chi connectivity index (χ0) is 16.1. The number of amides is 1. The molecule has 0 aliphatic carbocycles. The smallest absolute Gasteiger partial charge is 0.236 e. The van der Waals surface area contributed by atoms with Gasteiger partial charge in [-0.05, 0) is 12.8 Å². The van der Waals surface area contributed by atoms with Gasteiger partial charge in [-0.2, -0.15) is 0 Å². The van der Waals surface area contributed by atoms with Crippen LogP contribution in [0.2, 0.25) is 0 Å². The fraction of sp³-hybridized carbons (Fsp3) is 0.750. The van der Waals surface area contributed by atoms with Crippen molar-refractivity contribution in [2.75, 3.05) is 51.5 Å². The summed E-state index contributed by atoms with van der Waals surface area (Å²) in [5.74, 6) is 0.315. The van der Waals surface area contributed by atoms with Crippen LogP contribution in [0.25, 0.3) is 0 Å². The van der Waals surface area contributed by atoms with Crippen LogP contribution in [0.1, 0.15) is 30.6 Å². The van der Waals surface area contributed by atoms with Crippen LogP contribution in [0.3, 0.4) is 0 Å². The van der Waals surface area contributed by atoms with Gasteiger partial charge in [0.05, 0.1) is 6.54 Å². The molecule has 0 unspecified atom stereocenters. The van der Waals surface area contributed by atoms with E-state index in [2.05, 4.69) is 19.7 Å². The van der Waals surface area contributed by atoms with Crippen molar-refractivity contribution < 1.29 is 4.79 Å². The standard InChI is InChI=1S/C16H27N5OS/c17-16-18-11-14(23-16)12-19-7-9-20(10-8-19)13-15(22)21-5-3-1-2-4-6-21/h11H,1-10,12-13H2,(H2,17,18). The van der Waals surface area contributed by atoms with E-state index in [1.807, 2.05) is 6.20 Å². The highest BCUT2D eigenvalue weighted by Crippen LogP contribution is 2.17. The molecule has 128 valence electrons. The summed E-state index contributed by atoms with van der Waals surface area (Å²) in [6.07, 6.45) is 6.74. The molecule has 2 aliphatic heterocycles. The van der Waals surface area contributed by atoms with Crippen LogP contribution in [0.15, 0.2) is 6.20 Å². The molecular formula is C16H27N5OS. The zero-order valence-corrected chi connectivity index (χ0v) is 14.6. The lowest BCUT2D eigenvalue weighted by atomic mass is 10.2. The Hall–Kier alpha value is -1.18. The second-order valence-electron chi connectivity index (χ2n) is 6.51. The molecule has 0 saturated carbocycles. The van der Waals surface area contributed by atoms with Gasteiger partial charge in [-0.1, -0.05) is 12.8 Å². The molecule has 2 saturated heterocycles. The van der Waals surface area contributed by atoms with Gasteiger partial charge in [0.1, 0.15) is 0 Å². The predicted molar refractivity (Wildman–Crippen MR) is 93.3 cm³/mol. The molecule has 1 aromatic rings. The summed E-state index contributed by atoms with van der Waals surface area (Å²) >= 11 is 1.56. The van der Waals surface area contributed by atoms with Gasteiger partial charge in [-0.25, -0.2) is 4.98 Å². The van der Waals surface area contributed by atoms with E-state index < -0.39 is 0 Å². The summed E-state index contributed by atoms with van der Waals surface area (Å²) in [4.78, 5) is 24.6. The first kappa shape index (κ1) is 16.7. The van der Waals surface area contributed by atoms with Gasteiger partial charge < -0.3 is 10.6 Å². The quantitative estimate of drug-likeness (QED) is 0.896. The number of thiazole rings is 1. The molecule has 0 radical (unpaired) electrons. The van der Waals surface area contributed by atoms with E-state index in [4.69, 9.17) is 5.73 Å². The lowest BCUT2D eigenvalue weighted by molar-refractivity contribution is -0.132. The number of nitrogens with zero attached hydrogens (tertiary/aromatic N) is 4. The molecule has 6 nitrogen and oxygen atoms in total. The summed E-state index contributed by atoms with van der Waals surface area (Å²) in [6.45, 7) is 7.35. The molecule has 2 aliphatic rings. The normalized spacial score (nSPS) is 21.3. The average molecular weight is 337 g/mol. The van der Waals surface area contributed by atoms with E-state index in [0.717, 1.165) is 58.7 Å². The van der Waals surface area contributed by atoms with Crippen LogP contribution in [-0.2, 0) is 11.3 Å². The highest BCUT2D eigenvalue weighted by molar-refractivity contribution is 7.15. The first-order valence-electron chi connectivity index (χ1n) is 8.63. The van der Waals surface area contributed by atoms with Gasteiger partial charge in [-0.15, -0.1) is 11.3 Å². The molecule has 1 aromatic heterocycles. The first-order valence-corrected chi connectivity index (χ1v) is 9.45. The Labute approximate surface area is 142 Å². The summed E-state index contributed by atoms with van der Waals surface area (Å²) in [5, 5.41) is 0.640. The average Bonchev–Trinajstić information content (AvgIpc) is 2.79. The number of anilines is 1. The van der Waals surface area contributed by atoms with Gasteiger partial charge in [0.15, 0.2) is 5.13 Å². The summed E-state index contributed by atoms with van der Waals surface area (Å²) in [5.41, 5.74) is 5.68. The Kier molecular flexibility index (Phi) is 5.85. The molecule has 23 heavy (non-hydrogen) atoms. The van der Waals surface area contributed by atoms with Gasteiger partial charge >= 0.3 is 0 Å². The van der Waals surface area contributed by atoms with Crippen molar-refractivity contribution in [1.82, 2.24) is 19.7 Å². The van der Waals surface area contributed by atoms with E-state index in [9.17, 15) is 4.79 Å². The van der Waals surface area contributed by atoms with Crippen molar-refractivity contribution in [2.45, 2.75) is 32.2 Å². The van der Waals surface area contributed by atoms with Crippen LogP contribution in [0.5, 0.6) is 0 Å². The van der Waals surface area contributed by atoms with Crippen molar-refractivity contribution >= 4 is 22.4 Å². The molecule has 0 aromatic carbocycles. The summed E-state index contributed by atoms with van der Waals surface area (Å²) in [7, 11) is 0. The largest absolute Gasteiger partial charge is 0.375 e. The monoisotopic (exact) mass is 337 g/mol. The maximum absolute atomic E-state index is 12.4. The number of hydrogen-bond acceptors (Lipinski definition) is 6. The van der Waals surface area contributed by atoms with Crippen LogP contribution in [-0.4, -0.2) is 71.4 Å². The van der Waals surface area contributed by atoms with Crippen molar-refractivity contribution in [1.29, 1.82) is 0 Å². The number of carbonyl (C=O) groups is 1. The highest BCUT2D eigenvalue weighted by Gasteiger charge is 2.22. The Morgan fingerprint density at radius 2 is 1.70 bits per heavy atom. The third-order valence-corrected chi connectivity index (χ3v) is 5.54. The molecule has 3 heterocycles. The van der Waals surface area contributed by atoms with Crippen molar-refractivity contribution in [2.24, 2.45) is 0 Å². The van der Waals surface area contributed by atoms with Gasteiger partial charge in [0.25, 0.3) is 0 Å². The number of aromatic nitrogens is 1. The van der Waals surface area contributed by atoms with Crippen molar-refractivity contribution in [3.05, 3.63) is 11.1 Å². The Morgan fingerprint density at radius 3 is 2.30 bits per heavy atom. The lowest BCUT2D eigenvalue weighted by Crippen LogP contribution is -2.49. The number of nitrogens with two attached hydrogens (primary N) is 1. The number of piperazine rings is 1. The second-order valence-corrected chi connectivity index (χ2v) is 7.66. The second kappa shape index (κ2) is 8.08. The topological polar surface area (TPSA) is 65.7 Å². The first-order chi connectivity index (χ1) is 11.2. The zero-order valence-electron chi connectivity index (χ0n) is 13.7. The van der Waals surface area contributed by atoms with Crippen molar-refractivity contribution in [3.63, 3.8) is 0 Å². The number of likely N-dealkylation sites (tertiary alicyclic amines) is 1. The Bertz CT molecular complexity index is 504. The van der Waals surface area contributed by atoms with Crippen LogP contribution < -0.4 is 5.73 Å². The summed E-state index contributed by atoms with van der Waals surface area (Å²) < 4.78 is 0. The molecule has 0 atom stereocenters. The lowest BCUT2D eigenvalue weighted by Gasteiger charge is -2.35. The molecule has 3 rings (SSSR count). The van der Waals surface area contributed by atoms with Gasteiger partial charge in [-0.3, -0.25) is 14.6 Å². The number of hydrogen-bond donors (Lipinski definition) is 1. The molecule has 2 N–H and O–H groups in total. The third kappa shape index (κ3) is 4.89. The van der Waals surface area contributed by atoms with E-state index in [0.29, 0.717) is 17.6 Å². The Morgan fingerprint density at radius 1 is 1.04 bits per heavy atom. The summed E-state index contributed by atoms with van der Waals surface area (Å²) in [6, 6.07) is 0. The highest BCUT2D eigenvalue weighted by atomic mass is 32.1. The molecule has 0 spiro atoms. The van der Waals surface area contributed by atoms with Crippen LogP contribution in [0, 0.1) is 0 Å². The SMILES string of the molecule is Nc1ncc(CN2CCN(CC(=O)N3CCCCCC3)CC2)s1. The van der Waals surface area contributed by atoms with Crippen molar-refractivity contribution in [3.8, 4) is 0 Å².